The summed E-state index contributed by atoms with van der Waals surface area (Å²) in [5.41, 5.74) is -1.22. The van der Waals surface area contributed by atoms with Crippen molar-refractivity contribution in [3.8, 4) is 0 Å². The first-order valence-electron chi connectivity index (χ1n) is 7.60. The highest BCUT2D eigenvalue weighted by Gasteiger charge is 2.33. The molecule has 0 unspecified atom stereocenters. The molecule has 28 heavy (non-hydrogen) atoms. The first-order chi connectivity index (χ1) is 13.3. The van der Waals surface area contributed by atoms with Gasteiger partial charge in [0.15, 0.2) is 4.34 Å². The van der Waals surface area contributed by atoms with Crippen LogP contribution in [0.1, 0.15) is 15.2 Å². The summed E-state index contributed by atoms with van der Waals surface area (Å²) in [5.74, 6) is -1.08. The van der Waals surface area contributed by atoms with Gasteiger partial charge in [0.1, 0.15) is 0 Å². The van der Waals surface area contributed by atoms with Crippen molar-refractivity contribution in [3.63, 3.8) is 0 Å². The number of nitrogens with zero attached hydrogens (tertiary/aromatic N) is 2. The quantitative estimate of drug-likeness (QED) is 0.429. The lowest BCUT2D eigenvalue weighted by atomic mass is 10.1. The average molecular weight is 444 g/mol. The van der Waals surface area contributed by atoms with Gasteiger partial charge in [0.25, 0.3) is 5.91 Å². The van der Waals surface area contributed by atoms with Crippen LogP contribution in [0.4, 0.5) is 24.0 Å². The van der Waals surface area contributed by atoms with Crippen LogP contribution < -0.4 is 10.6 Å². The number of carbonyl (C=O) groups excluding carboxylic acids is 2. The van der Waals surface area contributed by atoms with Crippen LogP contribution >= 0.6 is 34.4 Å². The number of hydrogen-bond donors (Lipinski definition) is 2. The van der Waals surface area contributed by atoms with Crippen LogP contribution in [0.5, 0.6) is 0 Å². The Kier molecular flexibility index (Phi) is 6.31. The molecule has 0 spiro atoms. The second kappa shape index (κ2) is 8.71. The third kappa shape index (κ3) is 5.30. The molecule has 146 valence electrons. The number of nitrogens with one attached hydrogen (secondary N) is 2. The minimum absolute atomic E-state index is 0.153. The molecule has 2 heterocycles. The molecule has 0 saturated carbocycles. The number of thiophene rings is 1. The summed E-state index contributed by atoms with van der Waals surface area (Å²) in [6, 6.07) is 8.16. The van der Waals surface area contributed by atoms with Gasteiger partial charge >= 0.3 is 6.18 Å². The highest BCUT2D eigenvalue weighted by atomic mass is 32.2. The van der Waals surface area contributed by atoms with E-state index in [2.05, 4.69) is 20.8 Å². The van der Waals surface area contributed by atoms with Crippen molar-refractivity contribution in [2.45, 2.75) is 10.5 Å². The molecule has 3 aromatic rings. The van der Waals surface area contributed by atoms with E-state index in [1.54, 1.807) is 17.5 Å². The van der Waals surface area contributed by atoms with Crippen molar-refractivity contribution < 1.29 is 22.8 Å². The van der Waals surface area contributed by atoms with E-state index in [0.717, 1.165) is 29.2 Å². The maximum absolute atomic E-state index is 13.0. The van der Waals surface area contributed by atoms with Gasteiger partial charge in [0.2, 0.25) is 11.0 Å². The molecule has 0 aliphatic carbocycles. The van der Waals surface area contributed by atoms with Gasteiger partial charge in [-0.05, 0) is 23.6 Å². The van der Waals surface area contributed by atoms with Crippen LogP contribution in [0, 0.1) is 0 Å². The van der Waals surface area contributed by atoms with E-state index in [1.807, 2.05) is 0 Å². The van der Waals surface area contributed by atoms with E-state index in [1.165, 1.54) is 29.5 Å². The number of para-hydroxylation sites is 1. The largest absolute Gasteiger partial charge is 0.418 e. The van der Waals surface area contributed by atoms with Crippen LogP contribution in [-0.4, -0.2) is 27.8 Å². The Morgan fingerprint density at radius 1 is 1.07 bits per heavy atom. The molecule has 6 nitrogen and oxygen atoms in total. The Bertz CT molecular complexity index is 974. The van der Waals surface area contributed by atoms with E-state index in [0.29, 0.717) is 9.22 Å². The van der Waals surface area contributed by atoms with E-state index in [4.69, 9.17) is 0 Å². The van der Waals surface area contributed by atoms with Gasteiger partial charge in [-0.15, -0.1) is 21.5 Å². The van der Waals surface area contributed by atoms with Crippen LogP contribution in [-0.2, 0) is 11.0 Å². The number of halogens is 3. The van der Waals surface area contributed by atoms with Crippen molar-refractivity contribution in [1.29, 1.82) is 0 Å². The fourth-order valence-electron chi connectivity index (χ4n) is 2.04. The predicted molar refractivity (Wildman–Crippen MR) is 103 cm³/mol. The summed E-state index contributed by atoms with van der Waals surface area (Å²) in [4.78, 5) is 24.5. The zero-order valence-corrected chi connectivity index (χ0v) is 16.3. The molecule has 2 aromatic heterocycles. The first-order valence-corrected chi connectivity index (χ1v) is 10.3. The van der Waals surface area contributed by atoms with Gasteiger partial charge in [-0.1, -0.05) is 41.3 Å². The van der Waals surface area contributed by atoms with Crippen molar-refractivity contribution in [2.75, 3.05) is 16.4 Å². The standard InChI is InChI=1S/C16H11F3N4O2S3/c17-16(18,19)9-4-1-2-5-10(9)20-12(24)8-27-15-23-22-14(28-15)21-13(25)11-6-3-7-26-11/h1-7H,8H2,(H,20,24)(H,21,22,25). The summed E-state index contributed by atoms with van der Waals surface area (Å²) in [5, 5.41) is 14.5. The molecule has 0 atom stereocenters. The number of thioether (sulfide) groups is 1. The maximum Gasteiger partial charge on any atom is 0.418 e. The molecule has 1 aromatic carbocycles. The van der Waals surface area contributed by atoms with Gasteiger partial charge < -0.3 is 5.32 Å². The fraction of sp³-hybridized carbons (Fsp3) is 0.125. The molecule has 0 aliphatic heterocycles. The highest BCUT2D eigenvalue weighted by Crippen LogP contribution is 2.34. The molecule has 0 bridgehead atoms. The van der Waals surface area contributed by atoms with Crippen LogP contribution in [0.25, 0.3) is 0 Å². The van der Waals surface area contributed by atoms with Gasteiger partial charge in [-0.25, -0.2) is 0 Å². The van der Waals surface area contributed by atoms with E-state index in [9.17, 15) is 22.8 Å². The molecule has 0 fully saturated rings. The summed E-state index contributed by atoms with van der Waals surface area (Å²) >= 11 is 3.36. The number of benzene rings is 1. The lowest BCUT2D eigenvalue weighted by Crippen LogP contribution is -2.18. The van der Waals surface area contributed by atoms with Crippen LogP contribution in [0.2, 0.25) is 0 Å². The van der Waals surface area contributed by atoms with E-state index < -0.39 is 17.6 Å². The lowest BCUT2D eigenvalue weighted by molar-refractivity contribution is -0.137. The molecule has 0 radical (unpaired) electrons. The Morgan fingerprint density at radius 3 is 2.57 bits per heavy atom. The van der Waals surface area contributed by atoms with Gasteiger partial charge in [-0.3, -0.25) is 14.9 Å². The molecule has 12 heteroatoms. The van der Waals surface area contributed by atoms with Gasteiger partial charge in [0.05, 0.1) is 21.9 Å². The minimum Gasteiger partial charge on any atom is -0.325 e. The molecular formula is C16H11F3N4O2S3. The topological polar surface area (TPSA) is 84.0 Å². The predicted octanol–water partition coefficient (Wildman–Crippen LogP) is 4.60. The Hall–Kier alpha value is -2.44. The number of amides is 2. The summed E-state index contributed by atoms with van der Waals surface area (Å²) in [7, 11) is 0. The zero-order chi connectivity index (χ0) is 20.1. The number of hydrogen-bond acceptors (Lipinski definition) is 7. The SMILES string of the molecule is O=C(CSc1nnc(NC(=O)c2cccs2)s1)Nc1ccccc1C(F)(F)F. The molecule has 0 saturated heterocycles. The lowest BCUT2D eigenvalue weighted by Gasteiger charge is -2.13. The monoisotopic (exact) mass is 444 g/mol. The van der Waals surface area contributed by atoms with Crippen molar-refractivity contribution >= 4 is 57.1 Å². The van der Waals surface area contributed by atoms with E-state index >= 15 is 0 Å². The van der Waals surface area contributed by atoms with Crippen molar-refractivity contribution in [1.82, 2.24) is 10.2 Å². The fourth-order valence-corrected chi connectivity index (χ4v) is 4.20. The van der Waals surface area contributed by atoms with Crippen molar-refractivity contribution in [3.05, 3.63) is 52.2 Å². The molecule has 0 aliphatic rings. The Morgan fingerprint density at radius 2 is 1.86 bits per heavy atom. The van der Waals surface area contributed by atoms with E-state index in [-0.39, 0.29) is 22.5 Å². The Labute approximate surface area is 169 Å². The summed E-state index contributed by atoms with van der Waals surface area (Å²) in [6.07, 6.45) is -4.56. The van der Waals surface area contributed by atoms with Gasteiger partial charge in [-0.2, -0.15) is 13.2 Å². The smallest absolute Gasteiger partial charge is 0.325 e. The zero-order valence-electron chi connectivity index (χ0n) is 13.8. The molecule has 3 rings (SSSR count). The van der Waals surface area contributed by atoms with Gasteiger partial charge in [0, 0.05) is 0 Å². The second-order valence-corrected chi connectivity index (χ2v) is 8.33. The Balaban J connectivity index is 1.55. The summed E-state index contributed by atoms with van der Waals surface area (Å²) in [6.45, 7) is 0. The number of alkyl halides is 3. The van der Waals surface area contributed by atoms with Crippen molar-refractivity contribution in [2.24, 2.45) is 0 Å². The number of anilines is 2. The summed E-state index contributed by atoms with van der Waals surface area (Å²) < 4.78 is 39.3. The molecule has 2 N–H and O–H groups in total. The maximum atomic E-state index is 13.0. The second-order valence-electron chi connectivity index (χ2n) is 5.18. The highest BCUT2D eigenvalue weighted by molar-refractivity contribution is 8.01. The normalized spacial score (nSPS) is 11.2. The molecular weight excluding hydrogens is 433 g/mol. The molecule has 2 amide bonds. The third-order valence-electron chi connectivity index (χ3n) is 3.21. The number of rotatable bonds is 6. The van der Waals surface area contributed by atoms with Crippen LogP contribution in [0.3, 0.4) is 0 Å². The number of carbonyl (C=O) groups is 2. The average Bonchev–Trinajstić information content (AvgIpc) is 3.31. The third-order valence-corrected chi connectivity index (χ3v) is 6.05. The minimum atomic E-state index is -4.56. The van der Waals surface area contributed by atoms with Crippen LogP contribution in [0.15, 0.2) is 46.1 Å². The number of aromatic nitrogens is 2. The first kappa shape index (κ1) is 20.3.